The van der Waals surface area contributed by atoms with Gasteiger partial charge in [0, 0.05) is 5.75 Å². The molecule has 0 saturated heterocycles. The van der Waals surface area contributed by atoms with Gasteiger partial charge in [0.25, 0.3) is 0 Å². The minimum absolute atomic E-state index is 0.0395. The van der Waals surface area contributed by atoms with E-state index in [4.69, 9.17) is 9.84 Å². The van der Waals surface area contributed by atoms with Gasteiger partial charge >= 0.3 is 5.97 Å². The number of aliphatic hydroxyl groups is 1. The van der Waals surface area contributed by atoms with Crippen LogP contribution in [0.1, 0.15) is 20.8 Å². The number of hydrogen-bond donors (Lipinski definition) is 1. The van der Waals surface area contributed by atoms with Crippen molar-refractivity contribution in [3.05, 3.63) is 0 Å². The summed E-state index contributed by atoms with van der Waals surface area (Å²) >= 11 is 1.32. The van der Waals surface area contributed by atoms with E-state index in [1.807, 2.05) is 0 Å². The quantitative estimate of drug-likeness (QED) is 0.402. The Labute approximate surface area is 94.4 Å². The number of ketones is 1. The molecule has 0 aliphatic rings. The molecule has 4 nitrogen and oxygen atoms in total. The van der Waals surface area contributed by atoms with Crippen LogP contribution in [0.2, 0.25) is 0 Å². The normalized spacial score (nSPS) is 11.2. The second-order valence-electron chi connectivity index (χ2n) is 3.54. The summed E-state index contributed by atoms with van der Waals surface area (Å²) in [5, 5.41) is 8.55. The Kier molecular flexibility index (Phi) is 6.60. The lowest BCUT2D eigenvalue weighted by Crippen LogP contribution is -2.36. The van der Waals surface area contributed by atoms with Crippen molar-refractivity contribution >= 4 is 23.5 Å². The molecule has 0 aromatic rings. The van der Waals surface area contributed by atoms with Crippen LogP contribution in [0.25, 0.3) is 0 Å². The summed E-state index contributed by atoms with van der Waals surface area (Å²) in [5.74, 6) is 0.0794. The van der Waals surface area contributed by atoms with E-state index in [-0.39, 0.29) is 24.7 Å². The molecule has 0 unspecified atom stereocenters. The maximum absolute atomic E-state index is 11.7. The third-order valence-corrected chi connectivity index (χ3v) is 2.89. The molecule has 0 atom stereocenters. The van der Waals surface area contributed by atoms with E-state index >= 15 is 0 Å². The van der Waals surface area contributed by atoms with Crippen molar-refractivity contribution in [1.29, 1.82) is 0 Å². The van der Waals surface area contributed by atoms with Crippen molar-refractivity contribution in [1.82, 2.24) is 0 Å². The molecular weight excluding hydrogens is 216 g/mol. The lowest BCUT2D eigenvalue weighted by molar-refractivity contribution is -0.157. The molecule has 5 heteroatoms. The Morgan fingerprint density at radius 1 is 1.40 bits per heavy atom. The van der Waals surface area contributed by atoms with E-state index < -0.39 is 11.4 Å². The van der Waals surface area contributed by atoms with Crippen LogP contribution < -0.4 is 0 Å². The molecule has 0 spiro atoms. The van der Waals surface area contributed by atoms with Gasteiger partial charge in [-0.2, -0.15) is 11.8 Å². The first-order chi connectivity index (χ1) is 6.96. The van der Waals surface area contributed by atoms with E-state index in [1.54, 1.807) is 20.8 Å². The number of ether oxygens (including phenoxy) is 1. The largest absolute Gasteiger partial charge is 0.465 e. The van der Waals surface area contributed by atoms with Gasteiger partial charge in [0.2, 0.25) is 0 Å². The van der Waals surface area contributed by atoms with Gasteiger partial charge in [0.15, 0.2) is 5.78 Å². The predicted octanol–water partition coefficient (Wildman–Crippen LogP) is 0.870. The van der Waals surface area contributed by atoms with E-state index in [0.29, 0.717) is 5.75 Å². The summed E-state index contributed by atoms with van der Waals surface area (Å²) in [6.45, 7) is 5.15. The molecule has 0 rings (SSSR count). The highest BCUT2D eigenvalue weighted by Crippen LogP contribution is 2.21. The van der Waals surface area contributed by atoms with Gasteiger partial charge in [-0.1, -0.05) is 0 Å². The number of carbonyl (C=O) groups excluding carboxylic acids is 2. The summed E-state index contributed by atoms with van der Waals surface area (Å²) in [6.07, 6.45) is 0. The number of thioether (sulfide) groups is 1. The van der Waals surface area contributed by atoms with Crippen LogP contribution in [0, 0.1) is 5.41 Å². The van der Waals surface area contributed by atoms with E-state index in [2.05, 4.69) is 0 Å². The average molecular weight is 234 g/mol. The number of carbonyl (C=O) groups is 2. The molecule has 1 N–H and O–H groups in total. The molecule has 0 fully saturated rings. The number of rotatable bonds is 7. The Morgan fingerprint density at radius 2 is 2.00 bits per heavy atom. The van der Waals surface area contributed by atoms with Crippen LogP contribution in [-0.4, -0.2) is 41.6 Å². The molecule has 0 aliphatic heterocycles. The van der Waals surface area contributed by atoms with Gasteiger partial charge in [-0.3, -0.25) is 9.59 Å². The maximum atomic E-state index is 11.7. The first-order valence-electron chi connectivity index (χ1n) is 4.86. The molecule has 0 amide bonds. The standard InChI is InChI=1S/C10H18O4S/c1-4-14-9(13)10(2,3)8(12)7-15-6-5-11/h11H,4-7H2,1-3H3. The van der Waals surface area contributed by atoms with Crippen LogP contribution >= 0.6 is 11.8 Å². The fourth-order valence-electron chi connectivity index (χ4n) is 0.835. The summed E-state index contributed by atoms with van der Waals surface area (Å²) in [7, 11) is 0. The van der Waals surface area contributed by atoms with Gasteiger partial charge in [-0.05, 0) is 20.8 Å². The summed E-state index contributed by atoms with van der Waals surface area (Å²) in [5.41, 5.74) is -1.08. The van der Waals surface area contributed by atoms with Gasteiger partial charge in [0.1, 0.15) is 5.41 Å². The van der Waals surface area contributed by atoms with Crippen molar-refractivity contribution in [2.24, 2.45) is 5.41 Å². The first-order valence-corrected chi connectivity index (χ1v) is 6.01. The van der Waals surface area contributed by atoms with Gasteiger partial charge in [-0.25, -0.2) is 0 Å². The second-order valence-corrected chi connectivity index (χ2v) is 4.65. The second kappa shape index (κ2) is 6.85. The van der Waals surface area contributed by atoms with Crippen molar-refractivity contribution in [3.63, 3.8) is 0 Å². The number of aliphatic hydroxyl groups excluding tert-OH is 1. The minimum atomic E-state index is -1.08. The zero-order chi connectivity index (χ0) is 11.9. The zero-order valence-electron chi connectivity index (χ0n) is 9.41. The smallest absolute Gasteiger partial charge is 0.319 e. The predicted molar refractivity (Wildman–Crippen MR) is 59.8 cm³/mol. The van der Waals surface area contributed by atoms with Crippen molar-refractivity contribution in [2.75, 3.05) is 24.7 Å². The monoisotopic (exact) mass is 234 g/mol. The van der Waals surface area contributed by atoms with Gasteiger partial charge < -0.3 is 9.84 Å². The topological polar surface area (TPSA) is 63.6 Å². The molecule has 0 aromatic carbocycles. The third-order valence-electron chi connectivity index (χ3n) is 1.95. The highest BCUT2D eigenvalue weighted by Gasteiger charge is 2.36. The third kappa shape index (κ3) is 4.66. The molecule has 0 bridgehead atoms. The number of Topliss-reactive ketones (excluding diaryl/α,β-unsaturated/α-hetero) is 1. The summed E-state index contributed by atoms with van der Waals surface area (Å²) in [6, 6.07) is 0. The highest BCUT2D eigenvalue weighted by atomic mass is 32.2. The molecule has 88 valence electrons. The fraction of sp³-hybridized carbons (Fsp3) is 0.800. The molecule has 0 aliphatic carbocycles. The maximum Gasteiger partial charge on any atom is 0.319 e. The SMILES string of the molecule is CCOC(=O)C(C)(C)C(=O)CSCCO. The number of esters is 1. The lowest BCUT2D eigenvalue weighted by atomic mass is 9.89. The van der Waals surface area contributed by atoms with Gasteiger partial charge in [-0.15, -0.1) is 0 Å². The fourth-order valence-corrected chi connectivity index (χ4v) is 1.65. The minimum Gasteiger partial charge on any atom is -0.465 e. The van der Waals surface area contributed by atoms with E-state index in [9.17, 15) is 9.59 Å². The Bertz CT molecular complexity index is 225. The Morgan fingerprint density at radius 3 is 2.47 bits per heavy atom. The Hall–Kier alpha value is -0.550. The summed E-state index contributed by atoms with van der Waals surface area (Å²) in [4.78, 5) is 23.1. The first kappa shape index (κ1) is 14.5. The van der Waals surface area contributed by atoms with Crippen LogP contribution in [0.3, 0.4) is 0 Å². The lowest BCUT2D eigenvalue weighted by Gasteiger charge is -2.20. The van der Waals surface area contributed by atoms with E-state index in [0.717, 1.165) is 0 Å². The summed E-state index contributed by atoms with van der Waals surface area (Å²) < 4.78 is 4.82. The molecule has 0 radical (unpaired) electrons. The van der Waals surface area contributed by atoms with Crippen molar-refractivity contribution in [3.8, 4) is 0 Å². The highest BCUT2D eigenvalue weighted by molar-refractivity contribution is 7.99. The van der Waals surface area contributed by atoms with Gasteiger partial charge in [0.05, 0.1) is 19.0 Å². The zero-order valence-corrected chi connectivity index (χ0v) is 10.2. The molecule has 0 heterocycles. The number of hydrogen-bond acceptors (Lipinski definition) is 5. The van der Waals surface area contributed by atoms with Crippen LogP contribution in [0.5, 0.6) is 0 Å². The van der Waals surface area contributed by atoms with Crippen LogP contribution in [0.4, 0.5) is 0 Å². The Balaban J connectivity index is 4.19. The molecule has 0 aromatic heterocycles. The molecule has 15 heavy (non-hydrogen) atoms. The van der Waals surface area contributed by atoms with Crippen molar-refractivity contribution in [2.45, 2.75) is 20.8 Å². The van der Waals surface area contributed by atoms with E-state index in [1.165, 1.54) is 11.8 Å². The molecule has 0 saturated carbocycles. The van der Waals surface area contributed by atoms with Crippen LogP contribution in [0.15, 0.2) is 0 Å². The van der Waals surface area contributed by atoms with Crippen LogP contribution in [-0.2, 0) is 14.3 Å². The van der Waals surface area contributed by atoms with Crippen molar-refractivity contribution < 1.29 is 19.4 Å². The molecular formula is C10H18O4S. The average Bonchev–Trinajstić information content (AvgIpc) is 2.18.